The fraction of sp³-hybridized carbons (Fsp3) is 0. The predicted molar refractivity (Wildman–Crippen MR) is 252 cm³/mol. The van der Waals surface area contributed by atoms with Crippen LogP contribution >= 0.6 is 22.7 Å². The van der Waals surface area contributed by atoms with E-state index in [1.165, 1.54) is 90.1 Å². The van der Waals surface area contributed by atoms with Gasteiger partial charge in [0, 0.05) is 73.9 Å². The van der Waals surface area contributed by atoms with Crippen LogP contribution in [-0.4, -0.2) is 4.57 Å². The molecule has 58 heavy (non-hydrogen) atoms. The lowest BCUT2D eigenvalue weighted by molar-refractivity contribution is 1.18. The molecule has 12 aromatic rings. The monoisotopic (exact) mass is 774 g/mol. The lowest BCUT2D eigenvalue weighted by atomic mass is 10.0. The Kier molecular flexibility index (Phi) is 7.62. The first-order valence-electron chi connectivity index (χ1n) is 19.7. The normalized spacial score (nSPS) is 11.8. The van der Waals surface area contributed by atoms with Gasteiger partial charge in [-0.3, -0.25) is 0 Å². The standard InChI is InChI=1S/C54H34N2S2/c1-3-11-35(12-4-1)36-19-24-40(25-20-36)55(42-28-32-52-46(34-42)44-16-8-9-17-50(44)57-52)41-26-21-37(22-27-41)38-23-30-48-47(33-38)53-49(56(48)39-13-5-2-6-14-39)31-29-45-43-15-7-10-18-51(43)58-54(45)53/h1-34H. The Hall–Kier alpha value is -6.98. The molecule has 3 aromatic heterocycles. The number of rotatable bonds is 6. The zero-order chi connectivity index (χ0) is 38.2. The molecule has 0 N–H and O–H groups in total. The van der Waals surface area contributed by atoms with Crippen molar-refractivity contribution >= 4 is 102 Å². The average Bonchev–Trinajstić information content (AvgIpc) is 3.97. The molecule has 0 aliphatic heterocycles. The van der Waals surface area contributed by atoms with Gasteiger partial charge in [-0.1, -0.05) is 121 Å². The minimum atomic E-state index is 1.11. The molecule has 0 fully saturated rings. The SMILES string of the molecule is c1ccc(-c2ccc(N(c3ccc(-c4ccc5c(c4)c4c6sc7ccccc7c6ccc4n5-c4ccccc4)cc3)c3ccc4sc5ccccc5c4c3)cc2)cc1. The summed E-state index contributed by atoms with van der Waals surface area (Å²) in [5.74, 6) is 0. The minimum absolute atomic E-state index is 1.11. The Morgan fingerprint density at radius 2 is 0.862 bits per heavy atom. The van der Waals surface area contributed by atoms with E-state index in [1.54, 1.807) is 0 Å². The quantitative estimate of drug-likeness (QED) is 0.163. The molecular weight excluding hydrogens is 741 g/mol. The molecule has 0 unspecified atom stereocenters. The highest BCUT2D eigenvalue weighted by atomic mass is 32.1. The molecule has 9 aromatic carbocycles. The molecule has 0 aliphatic rings. The Balaban J connectivity index is 1.00. The predicted octanol–water partition coefficient (Wildman–Crippen LogP) is 16.3. The summed E-state index contributed by atoms with van der Waals surface area (Å²) in [6.07, 6.45) is 0. The minimum Gasteiger partial charge on any atom is -0.310 e. The van der Waals surface area contributed by atoms with Crippen LogP contribution < -0.4 is 4.90 Å². The fourth-order valence-electron chi connectivity index (χ4n) is 8.86. The summed E-state index contributed by atoms with van der Waals surface area (Å²) in [4.78, 5) is 2.39. The molecule has 0 saturated heterocycles. The summed E-state index contributed by atoms with van der Waals surface area (Å²) in [6, 6.07) is 75.5. The van der Waals surface area contributed by atoms with Gasteiger partial charge in [0.25, 0.3) is 0 Å². The van der Waals surface area contributed by atoms with Gasteiger partial charge in [-0.05, 0) is 107 Å². The first-order chi connectivity index (χ1) is 28.7. The largest absolute Gasteiger partial charge is 0.310 e. The zero-order valence-corrected chi connectivity index (χ0v) is 33.0. The second-order valence-corrected chi connectivity index (χ2v) is 17.0. The van der Waals surface area contributed by atoms with E-state index in [1.807, 2.05) is 22.7 Å². The van der Waals surface area contributed by atoms with E-state index < -0.39 is 0 Å². The van der Waals surface area contributed by atoms with E-state index in [0.717, 1.165) is 17.1 Å². The topological polar surface area (TPSA) is 8.17 Å². The summed E-state index contributed by atoms with van der Waals surface area (Å²) in [7, 11) is 0. The molecule has 12 rings (SSSR count). The van der Waals surface area contributed by atoms with Crippen LogP contribution in [0, 0.1) is 0 Å². The third kappa shape index (κ3) is 5.30. The van der Waals surface area contributed by atoms with E-state index in [2.05, 4.69) is 216 Å². The summed E-state index contributed by atoms with van der Waals surface area (Å²) in [5.41, 5.74) is 11.8. The maximum Gasteiger partial charge on any atom is 0.0555 e. The molecule has 0 radical (unpaired) electrons. The van der Waals surface area contributed by atoms with Crippen LogP contribution in [0.2, 0.25) is 0 Å². The number of para-hydroxylation sites is 1. The molecule has 0 atom stereocenters. The lowest BCUT2D eigenvalue weighted by Gasteiger charge is -2.26. The molecule has 0 amide bonds. The molecule has 0 bridgehead atoms. The van der Waals surface area contributed by atoms with Gasteiger partial charge in [0.15, 0.2) is 0 Å². The number of aromatic nitrogens is 1. The van der Waals surface area contributed by atoms with Gasteiger partial charge in [-0.15, -0.1) is 22.7 Å². The number of hydrogen-bond acceptors (Lipinski definition) is 3. The summed E-state index contributed by atoms with van der Waals surface area (Å²) in [6.45, 7) is 0. The Morgan fingerprint density at radius 1 is 0.328 bits per heavy atom. The summed E-state index contributed by atoms with van der Waals surface area (Å²) >= 11 is 3.76. The third-order valence-corrected chi connectivity index (χ3v) is 14.0. The van der Waals surface area contributed by atoms with Crippen LogP contribution in [0.4, 0.5) is 17.1 Å². The highest BCUT2D eigenvalue weighted by molar-refractivity contribution is 7.27. The lowest BCUT2D eigenvalue weighted by Crippen LogP contribution is -2.09. The van der Waals surface area contributed by atoms with Crippen LogP contribution in [0.1, 0.15) is 0 Å². The number of fused-ring (bicyclic) bond motifs is 10. The molecule has 0 aliphatic carbocycles. The number of nitrogens with zero attached hydrogens (tertiary/aromatic N) is 2. The molecule has 0 spiro atoms. The van der Waals surface area contributed by atoms with Crippen LogP contribution in [0.5, 0.6) is 0 Å². The number of anilines is 3. The average molecular weight is 775 g/mol. The molecule has 4 heteroatoms. The smallest absolute Gasteiger partial charge is 0.0555 e. The van der Waals surface area contributed by atoms with E-state index in [9.17, 15) is 0 Å². The van der Waals surface area contributed by atoms with E-state index in [-0.39, 0.29) is 0 Å². The third-order valence-electron chi connectivity index (χ3n) is 11.6. The Morgan fingerprint density at radius 3 is 1.59 bits per heavy atom. The maximum absolute atomic E-state index is 2.43. The number of benzene rings is 9. The van der Waals surface area contributed by atoms with Crippen molar-refractivity contribution in [3.63, 3.8) is 0 Å². The highest BCUT2D eigenvalue weighted by Gasteiger charge is 2.19. The van der Waals surface area contributed by atoms with Crippen LogP contribution in [0.15, 0.2) is 206 Å². The summed E-state index contributed by atoms with van der Waals surface area (Å²) in [5, 5.41) is 7.82. The van der Waals surface area contributed by atoms with Gasteiger partial charge in [-0.25, -0.2) is 0 Å². The number of thiophene rings is 2. The molecule has 2 nitrogen and oxygen atoms in total. The maximum atomic E-state index is 2.43. The van der Waals surface area contributed by atoms with Crippen molar-refractivity contribution in [3.05, 3.63) is 206 Å². The van der Waals surface area contributed by atoms with Gasteiger partial charge in [-0.2, -0.15) is 0 Å². The second kappa shape index (κ2) is 13.3. The van der Waals surface area contributed by atoms with Crippen molar-refractivity contribution in [2.75, 3.05) is 4.90 Å². The molecular formula is C54H34N2S2. The first-order valence-corrected chi connectivity index (χ1v) is 21.3. The van der Waals surface area contributed by atoms with Crippen molar-refractivity contribution in [1.82, 2.24) is 4.57 Å². The van der Waals surface area contributed by atoms with Crippen molar-refractivity contribution in [2.24, 2.45) is 0 Å². The van der Waals surface area contributed by atoms with Crippen LogP contribution in [-0.2, 0) is 0 Å². The van der Waals surface area contributed by atoms with Crippen LogP contribution in [0.3, 0.4) is 0 Å². The van der Waals surface area contributed by atoms with E-state index in [0.29, 0.717) is 0 Å². The van der Waals surface area contributed by atoms with Crippen molar-refractivity contribution in [3.8, 4) is 27.9 Å². The van der Waals surface area contributed by atoms with Crippen molar-refractivity contribution < 1.29 is 0 Å². The zero-order valence-electron chi connectivity index (χ0n) is 31.3. The second-order valence-electron chi connectivity index (χ2n) is 14.9. The van der Waals surface area contributed by atoms with Crippen molar-refractivity contribution in [2.45, 2.75) is 0 Å². The summed E-state index contributed by atoms with van der Waals surface area (Å²) < 4.78 is 7.71. The Labute approximate surface area is 343 Å². The van der Waals surface area contributed by atoms with E-state index in [4.69, 9.17) is 0 Å². The van der Waals surface area contributed by atoms with Gasteiger partial charge in [0.2, 0.25) is 0 Å². The molecule has 0 saturated carbocycles. The Bertz CT molecular complexity index is 3480. The van der Waals surface area contributed by atoms with Crippen molar-refractivity contribution in [1.29, 1.82) is 0 Å². The van der Waals surface area contributed by atoms with Gasteiger partial charge in [0.1, 0.15) is 0 Å². The van der Waals surface area contributed by atoms with Crippen LogP contribution in [0.25, 0.3) is 90.1 Å². The highest BCUT2D eigenvalue weighted by Crippen LogP contribution is 2.45. The van der Waals surface area contributed by atoms with E-state index >= 15 is 0 Å². The van der Waals surface area contributed by atoms with Gasteiger partial charge < -0.3 is 9.47 Å². The fourth-order valence-corrected chi connectivity index (χ4v) is 11.2. The first kappa shape index (κ1) is 33.2. The molecule has 3 heterocycles. The molecule has 272 valence electrons. The number of hydrogen-bond donors (Lipinski definition) is 0. The van der Waals surface area contributed by atoms with Gasteiger partial charge in [0.05, 0.1) is 11.0 Å². The van der Waals surface area contributed by atoms with Gasteiger partial charge >= 0.3 is 0 Å².